The molecule has 2 aromatic carbocycles. The predicted octanol–water partition coefficient (Wildman–Crippen LogP) is 3.98. The van der Waals surface area contributed by atoms with Gasteiger partial charge in [0, 0.05) is 18.5 Å². The van der Waals surface area contributed by atoms with Crippen LogP contribution < -0.4 is 14.8 Å². The number of rotatable bonds is 10. The second-order valence-electron chi connectivity index (χ2n) is 7.35. The number of likely N-dealkylation sites (tertiary alicyclic amines) is 1. The molecule has 1 atom stereocenters. The molecule has 1 saturated heterocycles. The lowest BCUT2D eigenvalue weighted by Crippen LogP contribution is -2.37. The fraction of sp³-hybridized carbons (Fsp3) is 0.458. The molecule has 156 valence electrons. The molecule has 0 bridgehead atoms. The van der Waals surface area contributed by atoms with Gasteiger partial charge in [0.1, 0.15) is 11.5 Å². The minimum atomic E-state index is 0.0652. The van der Waals surface area contributed by atoms with Crippen LogP contribution in [-0.4, -0.2) is 44.2 Å². The molecule has 0 spiro atoms. The van der Waals surface area contributed by atoms with E-state index in [0.717, 1.165) is 35.7 Å². The van der Waals surface area contributed by atoms with Gasteiger partial charge < -0.3 is 14.8 Å². The lowest BCUT2D eigenvalue weighted by atomic mass is 10.0. The number of benzene rings is 2. The number of carbonyl (C=O) groups excluding carboxylic acids is 1. The average molecular weight is 397 g/mol. The summed E-state index contributed by atoms with van der Waals surface area (Å²) in [5.41, 5.74) is 2.21. The summed E-state index contributed by atoms with van der Waals surface area (Å²) in [5, 5.41) is 3.15. The van der Waals surface area contributed by atoms with E-state index in [1.54, 1.807) is 7.11 Å². The van der Waals surface area contributed by atoms with Gasteiger partial charge in [0.15, 0.2) is 0 Å². The Labute approximate surface area is 174 Å². The van der Waals surface area contributed by atoms with E-state index in [2.05, 4.69) is 16.3 Å². The molecule has 5 heteroatoms. The Kier molecular flexibility index (Phi) is 7.94. The SMILES string of the molecule is CCOc1ccccc1CCC(=O)NCC(c1ccccc1OC)N1CCCC1. The summed E-state index contributed by atoms with van der Waals surface area (Å²) in [6.07, 6.45) is 3.52. The number of aryl methyl sites for hydroxylation is 1. The number of para-hydroxylation sites is 2. The van der Waals surface area contributed by atoms with Gasteiger partial charge in [-0.05, 0) is 57.0 Å². The van der Waals surface area contributed by atoms with Gasteiger partial charge in [-0.2, -0.15) is 0 Å². The Bertz CT molecular complexity index is 787. The lowest BCUT2D eigenvalue weighted by molar-refractivity contribution is -0.121. The average Bonchev–Trinajstić information content (AvgIpc) is 3.28. The number of nitrogens with zero attached hydrogens (tertiary/aromatic N) is 1. The summed E-state index contributed by atoms with van der Waals surface area (Å²) in [4.78, 5) is 15.0. The van der Waals surface area contributed by atoms with Crippen LogP contribution in [-0.2, 0) is 11.2 Å². The predicted molar refractivity (Wildman–Crippen MR) is 115 cm³/mol. The first-order valence-electron chi connectivity index (χ1n) is 10.6. The van der Waals surface area contributed by atoms with Crippen molar-refractivity contribution in [3.8, 4) is 11.5 Å². The summed E-state index contributed by atoms with van der Waals surface area (Å²) in [7, 11) is 1.70. The molecule has 5 nitrogen and oxygen atoms in total. The van der Waals surface area contributed by atoms with E-state index < -0.39 is 0 Å². The fourth-order valence-electron chi connectivity index (χ4n) is 3.98. The van der Waals surface area contributed by atoms with E-state index in [1.807, 2.05) is 49.4 Å². The Morgan fingerprint density at radius 1 is 1.07 bits per heavy atom. The molecule has 29 heavy (non-hydrogen) atoms. The summed E-state index contributed by atoms with van der Waals surface area (Å²) in [6.45, 7) is 5.30. The molecular weight excluding hydrogens is 364 g/mol. The Balaban J connectivity index is 1.61. The van der Waals surface area contributed by atoms with Crippen molar-refractivity contribution < 1.29 is 14.3 Å². The van der Waals surface area contributed by atoms with E-state index >= 15 is 0 Å². The number of hydrogen-bond acceptors (Lipinski definition) is 4. The zero-order valence-electron chi connectivity index (χ0n) is 17.5. The van der Waals surface area contributed by atoms with Gasteiger partial charge in [-0.3, -0.25) is 9.69 Å². The largest absolute Gasteiger partial charge is 0.496 e. The molecule has 1 unspecified atom stereocenters. The first kappa shape index (κ1) is 21.2. The Morgan fingerprint density at radius 3 is 2.48 bits per heavy atom. The van der Waals surface area contributed by atoms with Gasteiger partial charge in [0.05, 0.1) is 19.8 Å². The van der Waals surface area contributed by atoms with Crippen LogP contribution in [0.5, 0.6) is 11.5 Å². The molecule has 1 heterocycles. The molecule has 1 amide bonds. The van der Waals surface area contributed by atoms with Crippen molar-refractivity contribution in [2.75, 3.05) is 33.4 Å². The van der Waals surface area contributed by atoms with E-state index in [-0.39, 0.29) is 11.9 Å². The van der Waals surface area contributed by atoms with Gasteiger partial charge in [-0.1, -0.05) is 36.4 Å². The maximum absolute atomic E-state index is 12.6. The smallest absolute Gasteiger partial charge is 0.220 e. The van der Waals surface area contributed by atoms with Gasteiger partial charge in [0.2, 0.25) is 5.91 Å². The monoisotopic (exact) mass is 396 g/mol. The Hall–Kier alpha value is -2.53. The second kappa shape index (κ2) is 10.9. The van der Waals surface area contributed by atoms with Crippen LogP contribution in [0.15, 0.2) is 48.5 Å². The molecule has 0 aromatic heterocycles. The van der Waals surface area contributed by atoms with Crippen LogP contribution in [0, 0.1) is 0 Å². The summed E-state index contributed by atoms with van der Waals surface area (Å²) in [5.74, 6) is 1.81. The van der Waals surface area contributed by atoms with Crippen LogP contribution >= 0.6 is 0 Å². The number of amides is 1. The van der Waals surface area contributed by atoms with Crippen LogP contribution in [0.25, 0.3) is 0 Å². The van der Waals surface area contributed by atoms with Crippen molar-refractivity contribution in [2.45, 2.75) is 38.6 Å². The number of ether oxygens (including phenoxy) is 2. The van der Waals surface area contributed by atoms with E-state index in [9.17, 15) is 4.79 Å². The number of methoxy groups -OCH3 is 1. The molecule has 0 saturated carbocycles. The third-order valence-electron chi connectivity index (χ3n) is 5.47. The molecule has 3 rings (SSSR count). The van der Waals surface area contributed by atoms with Crippen molar-refractivity contribution in [1.29, 1.82) is 0 Å². The fourth-order valence-corrected chi connectivity index (χ4v) is 3.98. The van der Waals surface area contributed by atoms with Gasteiger partial charge in [-0.25, -0.2) is 0 Å². The van der Waals surface area contributed by atoms with E-state index in [0.29, 0.717) is 26.0 Å². The molecule has 0 aliphatic carbocycles. The van der Waals surface area contributed by atoms with Crippen molar-refractivity contribution in [2.24, 2.45) is 0 Å². The zero-order chi connectivity index (χ0) is 20.5. The van der Waals surface area contributed by atoms with Crippen LogP contribution in [0.4, 0.5) is 0 Å². The summed E-state index contributed by atoms with van der Waals surface area (Å²) < 4.78 is 11.2. The zero-order valence-corrected chi connectivity index (χ0v) is 17.5. The second-order valence-corrected chi connectivity index (χ2v) is 7.35. The highest BCUT2D eigenvalue weighted by molar-refractivity contribution is 5.76. The summed E-state index contributed by atoms with van der Waals surface area (Å²) >= 11 is 0. The van der Waals surface area contributed by atoms with E-state index in [1.165, 1.54) is 12.8 Å². The molecule has 1 aliphatic rings. The van der Waals surface area contributed by atoms with Gasteiger partial charge in [-0.15, -0.1) is 0 Å². The number of hydrogen-bond donors (Lipinski definition) is 1. The van der Waals surface area contributed by atoms with E-state index in [4.69, 9.17) is 9.47 Å². The standard InChI is InChI=1S/C24H32N2O3/c1-3-29-22-12-6-4-10-19(22)14-15-24(27)25-18-21(26-16-8-9-17-26)20-11-5-7-13-23(20)28-2/h4-7,10-13,21H,3,8-9,14-18H2,1-2H3,(H,25,27). The number of nitrogens with one attached hydrogen (secondary N) is 1. The first-order chi connectivity index (χ1) is 14.2. The maximum Gasteiger partial charge on any atom is 0.220 e. The van der Waals surface area contributed by atoms with Crippen LogP contribution in [0.2, 0.25) is 0 Å². The number of carbonyl (C=O) groups is 1. The Morgan fingerprint density at radius 2 is 1.76 bits per heavy atom. The maximum atomic E-state index is 12.6. The lowest BCUT2D eigenvalue weighted by Gasteiger charge is -2.29. The molecule has 0 radical (unpaired) electrons. The molecule has 1 aliphatic heterocycles. The van der Waals surface area contributed by atoms with Crippen molar-refractivity contribution in [3.63, 3.8) is 0 Å². The highest BCUT2D eigenvalue weighted by Gasteiger charge is 2.26. The molecular formula is C24H32N2O3. The highest BCUT2D eigenvalue weighted by Crippen LogP contribution is 2.31. The van der Waals surface area contributed by atoms with Crippen molar-refractivity contribution in [1.82, 2.24) is 10.2 Å². The van der Waals surface area contributed by atoms with Crippen molar-refractivity contribution in [3.05, 3.63) is 59.7 Å². The quantitative estimate of drug-likeness (QED) is 0.660. The third kappa shape index (κ3) is 5.73. The minimum absolute atomic E-state index is 0.0652. The normalized spacial score (nSPS) is 15.1. The van der Waals surface area contributed by atoms with Crippen molar-refractivity contribution >= 4 is 5.91 Å². The van der Waals surface area contributed by atoms with Crippen LogP contribution in [0.3, 0.4) is 0 Å². The molecule has 1 fully saturated rings. The molecule has 2 aromatic rings. The topological polar surface area (TPSA) is 50.8 Å². The summed E-state index contributed by atoms with van der Waals surface area (Å²) in [6, 6.07) is 16.2. The first-order valence-corrected chi connectivity index (χ1v) is 10.6. The highest BCUT2D eigenvalue weighted by atomic mass is 16.5. The molecule has 1 N–H and O–H groups in total. The van der Waals surface area contributed by atoms with Crippen LogP contribution in [0.1, 0.15) is 43.4 Å². The van der Waals surface area contributed by atoms with Gasteiger partial charge in [0.25, 0.3) is 0 Å². The third-order valence-corrected chi connectivity index (χ3v) is 5.47. The minimum Gasteiger partial charge on any atom is -0.496 e. The van der Waals surface area contributed by atoms with Gasteiger partial charge >= 0.3 is 0 Å².